The molecule has 2 N–H and O–H groups in total. The van der Waals surface area contributed by atoms with Gasteiger partial charge in [-0.15, -0.1) is 6.42 Å². The molecule has 1 aliphatic rings. The van der Waals surface area contributed by atoms with Crippen LogP contribution in [0, 0.1) is 12.3 Å². The number of nitrogens with one attached hydrogen (secondary N) is 2. The van der Waals surface area contributed by atoms with E-state index in [4.69, 9.17) is 11.2 Å². The van der Waals surface area contributed by atoms with Gasteiger partial charge in [-0.3, -0.25) is 4.79 Å². The van der Waals surface area contributed by atoms with E-state index in [1.54, 1.807) is 0 Å². The fraction of sp³-hybridized carbons (Fsp3) is 0.333. The van der Waals surface area contributed by atoms with Crippen molar-refractivity contribution >= 4 is 17.6 Å². The number of hydrogen-bond donors (Lipinski definition) is 2. The van der Waals surface area contributed by atoms with E-state index in [-0.39, 0.29) is 18.5 Å². The fourth-order valence-corrected chi connectivity index (χ4v) is 3.32. The Hall–Kier alpha value is -3.46. The third-order valence-corrected chi connectivity index (χ3v) is 4.97. The normalized spacial score (nSPS) is 13.4. The number of nitrogens with zero attached hydrogens (tertiary/aromatic N) is 1. The summed E-state index contributed by atoms with van der Waals surface area (Å²) >= 11 is 0. The number of benzene rings is 2. The monoisotopic (exact) mass is 405 g/mol. The van der Waals surface area contributed by atoms with Crippen molar-refractivity contribution in [2.24, 2.45) is 0 Å². The molecule has 0 atom stereocenters. The molecule has 0 spiro atoms. The molecule has 0 unspecified atom stereocenters. The minimum atomic E-state index is -0.209. The minimum absolute atomic E-state index is 0.182. The van der Waals surface area contributed by atoms with Gasteiger partial charge in [0.15, 0.2) is 0 Å². The molecular weight excluding hydrogens is 378 g/mol. The highest BCUT2D eigenvalue weighted by atomic mass is 16.5. The zero-order valence-corrected chi connectivity index (χ0v) is 17.0. The van der Waals surface area contributed by atoms with Gasteiger partial charge in [0.2, 0.25) is 5.91 Å². The summed E-state index contributed by atoms with van der Waals surface area (Å²) in [6.07, 6.45) is 8.52. The Bertz CT molecular complexity index is 885. The Morgan fingerprint density at radius 2 is 1.77 bits per heavy atom. The Balaban J connectivity index is 1.37. The number of piperidine rings is 1. The molecule has 6 heteroatoms. The summed E-state index contributed by atoms with van der Waals surface area (Å²) in [5.74, 6) is 3.34. The maximum absolute atomic E-state index is 12.0. The highest BCUT2D eigenvalue weighted by Crippen LogP contribution is 2.21. The molecule has 1 fully saturated rings. The summed E-state index contributed by atoms with van der Waals surface area (Å²) in [5, 5.41) is 5.71. The number of urea groups is 1. The van der Waals surface area contributed by atoms with Crippen molar-refractivity contribution in [2.45, 2.75) is 32.2 Å². The number of terminal acetylenes is 1. The van der Waals surface area contributed by atoms with Crippen LogP contribution < -0.4 is 20.3 Å². The number of carbonyl (C=O) groups is 2. The fourth-order valence-electron chi connectivity index (χ4n) is 3.32. The Labute approximate surface area is 177 Å². The lowest BCUT2D eigenvalue weighted by Gasteiger charge is -2.26. The van der Waals surface area contributed by atoms with E-state index < -0.39 is 0 Å². The van der Waals surface area contributed by atoms with Crippen LogP contribution in [0.15, 0.2) is 48.5 Å². The van der Waals surface area contributed by atoms with E-state index in [0.717, 1.165) is 48.4 Å². The first-order chi connectivity index (χ1) is 14.7. The summed E-state index contributed by atoms with van der Waals surface area (Å²) in [7, 11) is 0. The summed E-state index contributed by atoms with van der Waals surface area (Å²) < 4.78 is 5.34. The van der Waals surface area contributed by atoms with Crippen LogP contribution in [0.1, 0.15) is 30.4 Å². The first-order valence-corrected chi connectivity index (χ1v) is 10.2. The number of carbonyl (C=O) groups excluding carboxylic acids is 2. The summed E-state index contributed by atoms with van der Waals surface area (Å²) in [6, 6.07) is 15.2. The number of amides is 3. The topological polar surface area (TPSA) is 70.7 Å². The summed E-state index contributed by atoms with van der Waals surface area (Å²) in [5.41, 5.74) is 3.01. The predicted molar refractivity (Wildman–Crippen MR) is 117 cm³/mol. The van der Waals surface area contributed by atoms with Gasteiger partial charge in [-0.1, -0.05) is 30.2 Å². The highest BCUT2D eigenvalue weighted by Gasteiger charge is 2.19. The van der Waals surface area contributed by atoms with Crippen molar-refractivity contribution in [3.05, 3.63) is 59.7 Å². The second-order valence-corrected chi connectivity index (χ2v) is 7.17. The number of hydrogen-bond acceptors (Lipinski definition) is 3. The van der Waals surface area contributed by atoms with Gasteiger partial charge >= 0.3 is 6.03 Å². The van der Waals surface area contributed by atoms with Crippen LogP contribution in [0.5, 0.6) is 5.75 Å². The van der Waals surface area contributed by atoms with Gasteiger partial charge in [-0.2, -0.15) is 0 Å². The average Bonchev–Trinajstić information content (AvgIpc) is 2.78. The van der Waals surface area contributed by atoms with Crippen LogP contribution in [-0.2, 0) is 17.8 Å². The number of ether oxygens (including phenoxy) is 1. The molecule has 3 amide bonds. The second-order valence-electron chi connectivity index (χ2n) is 7.17. The lowest BCUT2D eigenvalue weighted by Crippen LogP contribution is -2.36. The molecule has 6 nitrogen and oxygen atoms in total. The van der Waals surface area contributed by atoms with Crippen LogP contribution >= 0.6 is 0 Å². The van der Waals surface area contributed by atoms with E-state index in [9.17, 15) is 9.59 Å². The quantitative estimate of drug-likeness (QED) is 0.663. The summed E-state index contributed by atoms with van der Waals surface area (Å²) in [6.45, 7) is 1.99. The van der Waals surface area contributed by atoms with E-state index >= 15 is 0 Å². The molecule has 0 bridgehead atoms. The molecule has 1 heterocycles. The first-order valence-electron chi connectivity index (χ1n) is 10.2. The molecule has 156 valence electrons. The molecule has 0 aliphatic carbocycles. The molecule has 30 heavy (non-hydrogen) atoms. The molecule has 2 aromatic rings. The molecule has 0 aromatic heterocycles. The zero-order valence-electron chi connectivity index (χ0n) is 17.0. The largest absolute Gasteiger partial charge is 0.481 e. The average molecular weight is 405 g/mol. The van der Waals surface area contributed by atoms with Gasteiger partial charge in [0.05, 0.1) is 0 Å². The Kier molecular flexibility index (Phi) is 7.73. The zero-order chi connectivity index (χ0) is 21.2. The lowest BCUT2D eigenvalue weighted by atomic mass is 10.1. The SMILES string of the molecule is C#CCOc1ccc(CCNC(=O)NCc2ccc(N3CCCCC3=O)cc2)cc1. The van der Waals surface area contributed by atoms with Crippen molar-refractivity contribution in [2.75, 3.05) is 24.6 Å². The molecule has 0 radical (unpaired) electrons. The summed E-state index contributed by atoms with van der Waals surface area (Å²) in [4.78, 5) is 25.9. The van der Waals surface area contributed by atoms with Gasteiger partial charge in [-0.05, 0) is 54.7 Å². The predicted octanol–water partition coefficient (Wildman–Crippen LogP) is 3.26. The van der Waals surface area contributed by atoms with Crippen molar-refractivity contribution in [3.63, 3.8) is 0 Å². The van der Waals surface area contributed by atoms with Gasteiger partial charge in [0, 0.05) is 31.7 Å². The second kappa shape index (κ2) is 10.9. The van der Waals surface area contributed by atoms with E-state index in [1.165, 1.54) is 0 Å². The van der Waals surface area contributed by atoms with Crippen LogP contribution in [0.25, 0.3) is 0 Å². The van der Waals surface area contributed by atoms with Gasteiger partial charge in [0.1, 0.15) is 12.4 Å². The molecule has 2 aromatic carbocycles. The lowest BCUT2D eigenvalue weighted by molar-refractivity contribution is -0.119. The Morgan fingerprint density at radius 1 is 1.03 bits per heavy atom. The van der Waals surface area contributed by atoms with Crippen LogP contribution in [-0.4, -0.2) is 31.6 Å². The van der Waals surface area contributed by atoms with Crippen molar-refractivity contribution in [3.8, 4) is 18.1 Å². The van der Waals surface area contributed by atoms with Crippen LogP contribution in [0.3, 0.4) is 0 Å². The standard InChI is InChI=1S/C24H27N3O3/c1-2-17-30-22-12-8-19(9-13-22)14-15-25-24(29)26-18-20-6-10-21(11-7-20)27-16-4-3-5-23(27)28/h1,6-13H,3-5,14-18H2,(H2,25,26,29). The van der Waals surface area contributed by atoms with E-state index in [0.29, 0.717) is 19.5 Å². The first kappa shape index (κ1) is 21.3. The Morgan fingerprint density at radius 3 is 2.47 bits per heavy atom. The minimum Gasteiger partial charge on any atom is -0.481 e. The molecule has 1 saturated heterocycles. The van der Waals surface area contributed by atoms with Crippen molar-refractivity contribution in [1.82, 2.24) is 10.6 Å². The van der Waals surface area contributed by atoms with Crippen molar-refractivity contribution in [1.29, 1.82) is 0 Å². The number of anilines is 1. The van der Waals surface area contributed by atoms with Gasteiger partial charge in [-0.25, -0.2) is 4.79 Å². The van der Waals surface area contributed by atoms with Crippen LogP contribution in [0.2, 0.25) is 0 Å². The molecule has 3 rings (SSSR count). The third kappa shape index (κ3) is 6.28. The van der Waals surface area contributed by atoms with Crippen LogP contribution in [0.4, 0.5) is 10.5 Å². The third-order valence-electron chi connectivity index (χ3n) is 4.97. The molecule has 1 aliphatic heterocycles. The highest BCUT2D eigenvalue weighted by molar-refractivity contribution is 5.93. The number of rotatable bonds is 8. The molecule has 0 saturated carbocycles. The van der Waals surface area contributed by atoms with E-state index in [2.05, 4.69) is 16.6 Å². The smallest absolute Gasteiger partial charge is 0.315 e. The van der Waals surface area contributed by atoms with E-state index in [1.807, 2.05) is 53.4 Å². The molecular formula is C24H27N3O3. The van der Waals surface area contributed by atoms with Gasteiger partial charge in [0.25, 0.3) is 0 Å². The van der Waals surface area contributed by atoms with Crippen molar-refractivity contribution < 1.29 is 14.3 Å². The van der Waals surface area contributed by atoms with Gasteiger partial charge < -0.3 is 20.3 Å². The maximum Gasteiger partial charge on any atom is 0.315 e. The maximum atomic E-state index is 12.0.